The maximum atomic E-state index is 12.1. The van der Waals surface area contributed by atoms with Crippen LogP contribution in [0.2, 0.25) is 0 Å². The smallest absolute Gasteiger partial charge is 0.225 e. The number of hydrogen-bond donors (Lipinski definition) is 1. The normalized spacial score (nSPS) is 26.9. The van der Waals surface area contributed by atoms with E-state index in [1.54, 1.807) is 4.90 Å². The molecule has 2 aliphatic rings. The summed E-state index contributed by atoms with van der Waals surface area (Å²) >= 11 is 0. The molecule has 0 unspecified atom stereocenters. The van der Waals surface area contributed by atoms with Crippen molar-refractivity contribution < 1.29 is 22.7 Å². The van der Waals surface area contributed by atoms with Crippen LogP contribution < -0.4 is 5.32 Å². The van der Waals surface area contributed by atoms with E-state index in [0.29, 0.717) is 26.1 Å². The lowest BCUT2D eigenvalue weighted by molar-refractivity contribution is -0.130. The minimum atomic E-state index is -3.03. The number of rotatable bonds is 7. The van der Waals surface area contributed by atoms with Crippen molar-refractivity contribution in [2.45, 2.75) is 45.3 Å². The molecule has 1 N–H and O–H groups in total. The first-order valence-corrected chi connectivity index (χ1v) is 10.00. The summed E-state index contributed by atoms with van der Waals surface area (Å²) in [5.74, 6) is -0.466. The lowest BCUT2D eigenvalue weighted by atomic mass is 10.1. The highest BCUT2D eigenvalue weighted by atomic mass is 32.2. The van der Waals surface area contributed by atoms with Gasteiger partial charge in [0.25, 0.3) is 0 Å². The quantitative estimate of drug-likeness (QED) is 0.653. The lowest BCUT2D eigenvalue weighted by Gasteiger charge is -2.22. The molecule has 2 amide bonds. The van der Waals surface area contributed by atoms with Gasteiger partial charge in [-0.05, 0) is 26.7 Å². The van der Waals surface area contributed by atoms with Gasteiger partial charge in [0.1, 0.15) is 0 Å². The van der Waals surface area contributed by atoms with Crippen molar-refractivity contribution in [2.24, 2.45) is 5.92 Å². The van der Waals surface area contributed by atoms with Gasteiger partial charge >= 0.3 is 0 Å². The van der Waals surface area contributed by atoms with Crippen molar-refractivity contribution in [3.63, 3.8) is 0 Å². The summed E-state index contributed by atoms with van der Waals surface area (Å²) in [5, 5.41) is 2.83. The maximum Gasteiger partial charge on any atom is 0.225 e. The van der Waals surface area contributed by atoms with E-state index in [2.05, 4.69) is 5.32 Å². The molecular weight excluding hydrogens is 320 g/mol. The Morgan fingerprint density at radius 1 is 1.43 bits per heavy atom. The predicted molar refractivity (Wildman–Crippen MR) is 85.6 cm³/mol. The third kappa shape index (κ3) is 5.17. The van der Waals surface area contributed by atoms with Gasteiger partial charge in [0.2, 0.25) is 11.8 Å². The van der Waals surface area contributed by atoms with Crippen LogP contribution >= 0.6 is 0 Å². The van der Waals surface area contributed by atoms with Gasteiger partial charge in [0, 0.05) is 32.2 Å². The third-order valence-electron chi connectivity index (χ3n) is 4.25. The molecule has 0 aromatic rings. The summed E-state index contributed by atoms with van der Waals surface area (Å²) in [7, 11) is -3.03. The van der Waals surface area contributed by atoms with Crippen LogP contribution in [0.4, 0.5) is 0 Å². The molecule has 0 aliphatic carbocycles. The Morgan fingerprint density at radius 2 is 2.17 bits per heavy atom. The summed E-state index contributed by atoms with van der Waals surface area (Å²) in [6, 6.07) is -0.259. The highest BCUT2D eigenvalue weighted by Crippen LogP contribution is 2.26. The van der Waals surface area contributed by atoms with Gasteiger partial charge in [-0.1, -0.05) is 0 Å². The van der Waals surface area contributed by atoms with E-state index in [4.69, 9.17) is 4.74 Å². The minimum Gasteiger partial charge on any atom is -0.379 e. The van der Waals surface area contributed by atoms with E-state index in [-0.39, 0.29) is 47.8 Å². The molecule has 132 valence electrons. The van der Waals surface area contributed by atoms with Crippen LogP contribution in [-0.2, 0) is 24.2 Å². The van der Waals surface area contributed by atoms with Crippen LogP contribution in [0.3, 0.4) is 0 Å². The van der Waals surface area contributed by atoms with Gasteiger partial charge in [-0.3, -0.25) is 9.59 Å². The first-order chi connectivity index (χ1) is 10.8. The number of carbonyl (C=O) groups excluding carboxylic acids is 2. The molecule has 2 saturated heterocycles. The zero-order chi connectivity index (χ0) is 17.0. The summed E-state index contributed by atoms with van der Waals surface area (Å²) in [4.78, 5) is 25.8. The van der Waals surface area contributed by atoms with Crippen molar-refractivity contribution in [1.29, 1.82) is 0 Å². The molecule has 0 bridgehead atoms. The van der Waals surface area contributed by atoms with Gasteiger partial charge in [0.05, 0.1) is 23.5 Å². The fourth-order valence-corrected chi connectivity index (χ4v) is 4.76. The van der Waals surface area contributed by atoms with Crippen LogP contribution in [0, 0.1) is 5.92 Å². The first kappa shape index (κ1) is 18.2. The average molecular weight is 346 g/mol. The van der Waals surface area contributed by atoms with E-state index in [1.165, 1.54) is 0 Å². The summed E-state index contributed by atoms with van der Waals surface area (Å²) < 4.78 is 28.5. The maximum absolute atomic E-state index is 12.1. The molecular formula is C15H26N2O5S. The van der Waals surface area contributed by atoms with Crippen molar-refractivity contribution in [3.05, 3.63) is 0 Å². The number of nitrogens with one attached hydrogen (secondary N) is 1. The number of amides is 2. The van der Waals surface area contributed by atoms with E-state index < -0.39 is 9.84 Å². The van der Waals surface area contributed by atoms with Crippen molar-refractivity contribution in [2.75, 3.05) is 31.2 Å². The van der Waals surface area contributed by atoms with Gasteiger partial charge in [-0.25, -0.2) is 8.42 Å². The van der Waals surface area contributed by atoms with Crippen molar-refractivity contribution in [3.8, 4) is 0 Å². The van der Waals surface area contributed by atoms with Crippen molar-refractivity contribution >= 4 is 21.7 Å². The zero-order valence-electron chi connectivity index (χ0n) is 13.8. The number of carbonyl (C=O) groups is 2. The molecule has 2 atom stereocenters. The van der Waals surface area contributed by atoms with E-state index in [9.17, 15) is 18.0 Å². The van der Waals surface area contributed by atoms with E-state index in [0.717, 1.165) is 6.42 Å². The van der Waals surface area contributed by atoms with Crippen LogP contribution in [0.15, 0.2) is 0 Å². The molecule has 2 rings (SSSR count). The third-order valence-corrected chi connectivity index (χ3v) is 6.00. The van der Waals surface area contributed by atoms with Crippen molar-refractivity contribution in [1.82, 2.24) is 10.2 Å². The van der Waals surface area contributed by atoms with E-state index >= 15 is 0 Å². The van der Waals surface area contributed by atoms with Gasteiger partial charge in [-0.2, -0.15) is 0 Å². The Morgan fingerprint density at radius 3 is 2.78 bits per heavy atom. The molecule has 0 aromatic carbocycles. The fourth-order valence-electron chi connectivity index (χ4n) is 3.03. The SMILES string of the molecule is CC(C)OCCCNC(=O)[C@H]1CC(=O)N([C@H]2CCS(=O)(=O)C2)C1. The van der Waals surface area contributed by atoms with Crippen LogP contribution in [0.5, 0.6) is 0 Å². The Bertz CT molecular complexity index is 546. The topological polar surface area (TPSA) is 92.8 Å². The molecule has 7 nitrogen and oxygen atoms in total. The Kier molecular flexibility index (Phi) is 6.02. The van der Waals surface area contributed by atoms with Gasteiger partial charge in [-0.15, -0.1) is 0 Å². The predicted octanol–water partition coefficient (Wildman–Crippen LogP) is -0.0467. The first-order valence-electron chi connectivity index (χ1n) is 8.17. The molecule has 8 heteroatoms. The van der Waals surface area contributed by atoms with E-state index in [1.807, 2.05) is 13.8 Å². The van der Waals surface area contributed by atoms with Gasteiger partial charge in [0.15, 0.2) is 9.84 Å². The highest BCUT2D eigenvalue weighted by Gasteiger charge is 2.41. The number of hydrogen-bond acceptors (Lipinski definition) is 5. The molecule has 0 saturated carbocycles. The molecule has 23 heavy (non-hydrogen) atoms. The fraction of sp³-hybridized carbons (Fsp3) is 0.867. The monoisotopic (exact) mass is 346 g/mol. The standard InChI is InChI=1S/C15H26N2O5S/c1-11(2)22-6-3-5-16-15(19)12-8-14(18)17(9-12)13-4-7-23(20,21)10-13/h11-13H,3-10H2,1-2H3,(H,16,19)/t12-,13-/m0/s1. The zero-order valence-corrected chi connectivity index (χ0v) is 14.6. The number of sulfone groups is 1. The summed E-state index contributed by atoms with van der Waals surface area (Å²) in [6.45, 7) is 5.36. The Hall–Kier alpha value is -1.15. The summed E-state index contributed by atoms with van der Waals surface area (Å²) in [6.07, 6.45) is 1.56. The number of ether oxygens (including phenoxy) is 1. The average Bonchev–Trinajstić information content (AvgIpc) is 3.00. The second-order valence-electron chi connectivity index (χ2n) is 6.57. The second kappa shape index (κ2) is 7.61. The second-order valence-corrected chi connectivity index (χ2v) is 8.80. The Balaban J connectivity index is 1.75. The number of nitrogens with zero attached hydrogens (tertiary/aromatic N) is 1. The minimum absolute atomic E-state index is 0.0274. The summed E-state index contributed by atoms with van der Waals surface area (Å²) in [5.41, 5.74) is 0. The molecule has 2 aliphatic heterocycles. The molecule has 2 fully saturated rings. The Labute approximate surface area is 137 Å². The number of likely N-dealkylation sites (tertiary alicyclic amines) is 1. The largest absolute Gasteiger partial charge is 0.379 e. The van der Waals surface area contributed by atoms with Crippen LogP contribution in [-0.4, -0.2) is 68.5 Å². The van der Waals surface area contributed by atoms with Crippen LogP contribution in [0.1, 0.15) is 33.1 Å². The van der Waals surface area contributed by atoms with Crippen LogP contribution in [0.25, 0.3) is 0 Å². The highest BCUT2D eigenvalue weighted by molar-refractivity contribution is 7.91. The lowest BCUT2D eigenvalue weighted by Crippen LogP contribution is -2.39. The molecule has 0 radical (unpaired) electrons. The molecule has 2 heterocycles. The van der Waals surface area contributed by atoms with Gasteiger partial charge < -0.3 is 15.0 Å². The molecule has 0 aromatic heterocycles. The molecule has 0 spiro atoms.